The molecule has 0 bridgehead atoms. The van der Waals surface area contributed by atoms with Crippen LogP contribution in [0.1, 0.15) is 17.0 Å². The summed E-state index contributed by atoms with van der Waals surface area (Å²) >= 11 is 3.36. The number of halogens is 1. The van der Waals surface area contributed by atoms with Crippen molar-refractivity contribution >= 4 is 21.6 Å². The highest BCUT2D eigenvalue weighted by Gasteiger charge is 2.23. The third-order valence-corrected chi connectivity index (χ3v) is 3.16. The summed E-state index contributed by atoms with van der Waals surface area (Å²) in [6, 6.07) is 7.82. The van der Waals surface area contributed by atoms with Crippen LogP contribution in [0.25, 0.3) is 0 Å². The van der Waals surface area contributed by atoms with E-state index in [1.54, 1.807) is 6.92 Å². The van der Waals surface area contributed by atoms with Crippen molar-refractivity contribution < 1.29 is 9.45 Å². The molecule has 94 valence electrons. The third kappa shape index (κ3) is 2.76. The summed E-state index contributed by atoms with van der Waals surface area (Å²) in [5.41, 5.74) is 1.42. The number of nitrogens with zero attached hydrogens (tertiary/aromatic N) is 2. The molecule has 0 atom stereocenters. The Kier molecular flexibility index (Phi) is 3.76. The van der Waals surface area contributed by atoms with Crippen LogP contribution in [0.15, 0.2) is 33.3 Å². The van der Waals surface area contributed by atoms with E-state index in [4.69, 9.17) is 4.52 Å². The van der Waals surface area contributed by atoms with Gasteiger partial charge in [-0.1, -0.05) is 33.2 Å². The Hall–Kier alpha value is -1.69. The quantitative estimate of drug-likeness (QED) is 0.640. The molecular formula is C12H11BrN2O3. The first-order chi connectivity index (χ1) is 8.58. The second-order valence-electron chi connectivity index (χ2n) is 3.92. The number of rotatable bonds is 4. The SMILES string of the molecule is Cc1noc(CCc2ccc(Br)cc2)c1[N+](=O)[O-]. The van der Waals surface area contributed by atoms with E-state index in [9.17, 15) is 10.1 Å². The molecule has 0 spiro atoms. The van der Waals surface area contributed by atoms with Crippen LogP contribution >= 0.6 is 15.9 Å². The van der Waals surface area contributed by atoms with Gasteiger partial charge >= 0.3 is 5.69 Å². The smallest absolute Gasteiger partial charge is 0.334 e. The van der Waals surface area contributed by atoms with Gasteiger partial charge in [-0.25, -0.2) is 0 Å². The van der Waals surface area contributed by atoms with Gasteiger partial charge < -0.3 is 4.52 Å². The van der Waals surface area contributed by atoms with Gasteiger partial charge in [0.1, 0.15) is 0 Å². The average molecular weight is 311 g/mol. The molecule has 0 aliphatic heterocycles. The van der Waals surface area contributed by atoms with Gasteiger partial charge in [-0.05, 0) is 31.0 Å². The molecule has 18 heavy (non-hydrogen) atoms. The maximum absolute atomic E-state index is 10.9. The second-order valence-corrected chi connectivity index (χ2v) is 4.84. The predicted molar refractivity (Wildman–Crippen MR) is 69.4 cm³/mol. The van der Waals surface area contributed by atoms with Gasteiger partial charge in [0.15, 0.2) is 5.69 Å². The Bertz CT molecular complexity index is 563. The summed E-state index contributed by atoms with van der Waals surface area (Å²) < 4.78 is 6.01. The number of aromatic nitrogens is 1. The molecule has 0 aliphatic rings. The Balaban J connectivity index is 2.11. The molecule has 1 aromatic carbocycles. The lowest BCUT2D eigenvalue weighted by Gasteiger charge is -1.99. The zero-order valence-corrected chi connectivity index (χ0v) is 11.3. The highest BCUT2D eigenvalue weighted by molar-refractivity contribution is 9.10. The summed E-state index contributed by atoms with van der Waals surface area (Å²) in [5, 5.41) is 14.5. The minimum absolute atomic E-state index is 0.00730. The minimum atomic E-state index is -0.442. The van der Waals surface area contributed by atoms with Crippen LogP contribution in [0.2, 0.25) is 0 Å². The number of benzene rings is 1. The fraction of sp³-hybridized carbons (Fsp3) is 0.250. The van der Waals surface area contributed by atoms with Crippen LogP contribution in [0.5, 0.6) is 0 Å². The third-order valence-electron chi connectivity index (χ3n) is 2.64. The standard InChI is InChI=1S/C12H11BrN2O3/c1-8-12(15(16)17)11(18-14-8)7-4-9-2-5-10(13)6-3-9/h2-3,5-6H,4,7H2,1H3. The first kappa shape index (κ1) is 12.8. The summed E-state index contributed by atoms with van der Waals surface area (Å²) in [6.07, 6.45) is 1.15. The largest absolute Gasteiger partial charge is 0.354 e. The summed E-state index contributed by atoms with van der Waals surface area (Å²) in [5.74, 6) is 0.334. The number of hydrogen-bond donors (Lipinski definition) is 0. The molecule has 5 nitrogen and oxygen atoms in total. The van der Waals surface area contributed by atoms with E-state index >= 15 is 0 Å². The van der Waals surface area contributed by atoms with E-state index < -0.39 is 4.92 Å². The van der Waals surface area contributed by atoms with Gasteiger partial charge in [-0.2, -0.15) is 0 Å². The zero-order valence-electron chi connectivity index (χ0n) is 9.72. The summed E-state index contributed by atoms with van der Waals surface area (Å²) in [7, 11) is 0. The first-order valence-corrected chi connectivity index (χ1v) is 6.21. The lowest BCUT2D eigenvalue weighted by atomic mass is 10.1. The highest BCUT2D eigenvalue weighted by Crippen LogP contribution is 2.24. The maximum atomic E-state index is 10.9. The van der Waals surface area contributed by atoms with Gasteiger partial charge in [-0.15, -0.1) is 0 Å². The summed E-state index contributed by atoms with van der Waals surface area (Å²) in [6.45, 7) is 1.57. The van der Waals surface area contributed by atoms with Crippen LogP contribution < -0.4 is 0 Å². The second kappa shape index (κ2) is 5.30. The number of hydrogen-bond acceptors (Lipinski definition) is 4. The molecular weight excluding hydrogens is 300 g/mol. The van der Waals surface area contributed by atoms with Crippen LogP contribution in [0.4, 0.5) is 5.69 Å². The lowest BCUT2D eigenvalue weighted by molar-refractivity contribution is -0.386. The van der Waals surface area contributed by atoms with Gasteiger partial charge in [0.05, 0.1) is 4.92 Å². The summed E-state index contributed by atoms with van der Waals surface area (Å²) in [4.78, 5) is 10.4. The first-order valence-electron chi connectivity index (χ1n) is 5.42. The molecule has 0 unspecified atom stereocenters. The number of nitro groups is 1. The Morgan fingerprint density at radius 3 is 2.61 bits per heavy atom. The molecule has 2 aromatic rings. The van der Waals surface area contributed by atoms with E-state index in [0.717, 1.165) is 10.0 Å². The normalized spacial score (nSPS) is 10.6. The molecule has 0 fully saturated rings. The molecule has 0 N–H and O–H groups in total. The van der Waals surface area contributed by atoms with Crippen molar-refractivity contribution in [3.05, 3.63) is 55.9 Å². The van der Waals surface area contributed by atoms with E-state index in [1.807, 2.05) is 24.3 Å². The molecule has 1 heterocycles. The minimum Gasteiger partial charge on any atom is -0.354 e. The molecule has 0 radical (unpaired) electrons. The van der Waals surface area contributed by atoms with E-state index in [1.165, 1.54) is 0 Å². The van der Waals surface area contributed by atoms with Gasteiger partial charge in [-0.3, -0.25) is 10.1 Å². The maximum Gasteiger partial charge on any atom is 0.334 e. The van der Waals surface area contributed by atoms with Gasteiger partial charge in [0.25, 0.3) is 0 Å². The van der Waals surface area contributed by atoms with Gasteiger partial charge in [0.2, 0.25) is 5.76 Å². The molecule has 0 saturated heterocycles. The average Bonchev–Trinajstić information content (AvgIpc) is 2.70. The monoisotopic (exact) mass is 310 g/mol. The number of aryl methyl sites for hydroxylation is 3. The van der Waals surface area contributed by atoms with Gasteiger partial charge in [0, 0.05) is 10.9 Å². The topological polar surface area (TPSA) is 69.2 Å². The fourth-order valence-corrected chi connectivity index (χ4v) is 1.98. The molecule has 0 aliphatic carbocycles. The Morgan fingerprint density at radius 2 is 2.00 bits per heavy atom. The van der Waals surface area contributed by atoms with Crippen LogP contribution in [-0.4, -0.2) is 10.1 Å². The van der Waals surface area contributed by atoms with E-state index in [-0.39, 0.29) is 5.69 Å². The van der Waals surface area contributed by atoms with Crippen LogP contribution in [0, 0.1) is 17.0 Å². The Labute approximate surface area is 112 Å². The molecule has 6 heteroatoms. The van der Waals surface area contributed by atoms with Crippen molar-refractivity contribution in [2.24, 2.45) is 0 Å². The van der Waals surface area contributed by atoms with Crippen LogP contribution in [-0.2, 0) is 12.8 Å². The van der Waals surface area contributed by atoms with Crippen molar-refractivity contribution in [3.63, 3.8) is 0 Å². The lowest BCUT2D eigenvalue weighted by Crippen LogP contribution is -1.96. The molecule has 0 amide bonds. The molecule has 1 aromatic heterocycles. The fourth-order valence-electron chi connectivity index (χ4n) is 1.72. The van der Waals surface area contributed by atoms with E-state index in [2.05, 4.69) is 21.1 Å². The highest BCUT2D eigenvalue weighted by atomic mass is 79.9. The van der Waals surface area contributed by atoms with Crippen molar-refractivity contribution in [3.8, 4) is 0 Å². The Morgan fingerprint density at radius 1 is 1.33 bits per heavy atom. The molecule has 2 rings (SSSR count). The molecule has 0 saturated carbocycles. The van der Waals surface area contributed by atoms with Crippen molar-refractivity contribution in [2.75, 3.05) is 0 Å². The van der Waals surface area contributed by atoms with Crippen molar-refractivity contribution in [1.29, 1.82) is 0 Å². The van der Waals surface area contributed by atoms with Crippen molar-refractivity contribution in [2.45, 2.75) is 19.8 Å². The predicted octanol–water partition coefficient (Wildman–Crippen LogP) is 3.44. The van der Waals surface area contributed by atoms with Crippen LogP contribution in [0.3, 0.4) is 0 Å². The zero-order chi connectivity index (χ0) is 13.1. The van der Waals surface area contributed by atoms with Crippen molar-refractivity contribution in [1.82, 2.24) is 5.16 Å². The van der Waals surface area contributed by atoms with E-state index in [0.29, 0.717) is 24.3 Å².